The van der Waals surface area contributed by atoms with Crippen molar-refractivity contribution in [1.82, 2.24) is 4.90 Å². The molecule has 0 saturated heterocycles. The number of primary amides is 1. The van der Waals surface area contributed by atoms with Gasteiger partial charge in [0.25, 0.3) is 10.1 Å². The lowest BCUT2D eigenvalue weighted by Gasteiger charge is -2.33. The Morgan fingerprint density at radius 3 is 2.35 bits per heavy atom. The van der Waals surface area contributed by atoms with Crippen LogP contribution in [0.1, 0.15) is 38.5 Å². The molecular weight excluding hydrogens is 244 g/mol. The van der Waals surface area contributed by atoms with Gasteiger partial charge in [-0.3, -0.25) is 4.55 Å². The minimum atomic E-state index is -3.95. The van der Waals surface area contributed by atoms with Gasteiger partial charge in [0.1, 0.15) is 0 Å². The van der Waals surface area contributed by atoms with Crippen molar-refractivity contribution in [2.75, 3.05) is 12.3 Å². The van der Waals surface area contributed by atoms with Crippen molar-refractivity contribution in [3.63, 3.8) is 0 Å². The Labute approximate surface area is 102 Å². The number of rotatable bonds is 5. The summed E-state index contributed by atoms with van der Waals surface area (Å²) in [6, 6.07) is -0.380. The molecule has 6 nitrogen and oxygen atoms in total. The van der Waals surface area contributed by atoms with E-state index in [2.05, 4.69) is 0 Å². The molecule has 2 amide bonds. The highest BCUT2D eigenvalue weighted by Crippen LogP contribution is 2.22. The van der Waals surface area contributed by atoms with Crippen LogP contribution in [0.2, 0.25) is 0 Å². The average Bonchev–Trinajstić information content (AvgIpc) is 2.23. The molecule has 17 heavy (non-hydrogen) atoms. The van der Waals surface area contributed by atoms with Gasteiger partial charge in [0.15, 0.2) is 0 Å². The summed E-state index contributed by atoms with van der Waals surface area (Å²) in [4.78, 5) is 12.8. The smallest absolute Gasteiger partial charge is 0.315 e. The normalized spacial score (nSPS) is 17.9. The van der Waals surface area contributed by atoms with Gasteiger partial charge in [0.05, 0.1) is 5.75 Å². The van der Waals surface area contributed by atoms with Gasteiger partial charge in [-0.2, -0.15) is 8.42 Å². The standard InChI is InChI=1S/C10H20N2O4S/c11-10(13)12(7-4-8-17(14,15)16)9-5-2-1-3-6-9/h9H,1-8H2,(H2,11,13)(H,14,15,16). The second kappa shape index (κ2) is 6.20. The number of nitrogens with zero attached hydrogens (tertiary/aromatic N) is 1. The molecule has 0 unspecified atom stereocenters. The van der Waals surface area contributed by atoms with Gasteiger partial charge in [0, 0.05) is 12.6 Å². The first-order valence-corrected chi connectivity index (χ1v) is 7.52. The molecule has 100 valence electrons. The number of hydrogen-bond acceptors (Lipinski definition) is 3. The van der Waals surface area contributed by atoms with E-state index in [0.717, 1.165) is 25.7 Å². The zero-order valence-corrected chi connectivity index (χ0v) is 10.7. The average molecular weight is 264 g/mol. The van der Waals surface area contributed by atoms with Crippen LogP contribution in [0.15, 0.2) is 0 Å². The van der Waals surface area contributed by atoms with E-state index in [4.69, 9.17) is 10.3 Å². The molecule has 0 aromatic carbocycles. The van der Waals surface area contributed by atoms with Gasteiger partial charge < -0.3 is 10.6 Å². The zero-order chi connectivity index (χ0) is 12.9. The van der Waals surface area contributed by atoms with Gasteiger partial charge in [-0.1, -0.05) is 19.3 Å². The number of amides is 2. The van der Waals surface area contributed by atoms with Crippen molar-refractivity contribution in [2.45, 2.75) is 44.6 Å². The molecule has 0 aromatic rings. The van der Waals surface area contributed by atoms with E-state index < -0.39 is 16.1 Å². The summed E-state index contributed by atoms with van der Waals surface area (Å²) >= 11 is 0. The fraction of sp³-hybridized carbons (Fsp3) is 0.900. The summed E-state index contributed by atoms with van der Waals surface area (Å²) < 4.78 is 29.8. The van der Waals surface area contributed by atoms with E-state index in [1.807, 2.05) is 0 Å². The second-order valence-electron chi connectivity index (χ2n) is 4.46. The van der Waals surface area contributed by atoms with Crippen LogP contribution in [-0.4, -0.2) is 42.2 Å². The monoisotopic (exact) mass is 264 g/mol. The molecule has 1 aliphatic rings. The van der Waals surface area contributed by atoms with Gasteiger partial charge in [-0.05, 0) is 19.3 Å². The minimum absolute atomic E-state index is 0.127. The van der Waals surface area contributed by atoms with Crippen molar-refractivity contribution in [3.05, 3.63) is 0 Å². The lowest BCUT2D eigenvalue weighted by Crippen LogP contribution is -2.45. The summed E-state index contributed by atoms with van der Waals surface area (Å²) in [5.74, 6) is -0.330. The Morgan fingerprint density at radius 1 is 1.29 bits per heavy atom. The van der Waals surface area contributed by atoms with Crippen LogP contribution in [-0.2, 0) is 10.1 Å². The fourth-order valence-electron chi connectivity index (χ4n) is 2.28. The maximum atomic E-state index is 11.3. The van der Waals surface area contributed by atoms with E-state index >= 15 is 0 Å². The van der Waals surface area contributed by atoms with E-state index in [9.17, 15) is 13.2 Å². The Kier molecular flexibility index (Phi) is 5.20. The SMILES string of the molecule is NC(=O)N(CCCS(=O)(=O)O)C1CCCCC1. The molecule has 1 fully saturated rings. The Hall–Kier alpha value is -0.820. The van der Waals surface area contributed by atoms with Gasteiger partial charge in [0.2, 0.25) is 0 Å². The molecule has 0 heterocycles. The van der Waals surface area contributed by atoms with Crippen molar-refractivity contribution in [1.29, 1.82) is 0 Å². The summed E-state index contributed by atoms with van der Waals surface area (Å²) in [5, 5.41) is 0. The third-order valence-corrected chi connectivity index (χ3v) is 3.90. The van der Waals surface area contributed by atoms with E-state index in [-0.39, 0.29) is 18.2 Å². The summed E-state index contributed by atoms with van der Waals surface area (Å²) in [6.45, 7) is 0.291. The lowest BCUT2D eigenvalue weighted by atomic mass is 9.94. The first kappa shape index (κ1) is 14.2. The molecule has 1 aliphatic carbocycles. The highest BCUT2D eigenvalue weighted by molar-refractivity contribution is 7.85. The van der Waals surface area contributed by atoms with Crippen LogP contribution < -0.4 is 5.73 Å². The molecule has 0 bridgehead atoms. The quantitative estimate of drug-likeness (QED) is 0.723. The predicted molar refractivity (Wildman–Crippen MR) is 64.2 cm³/mol. The lowest BCUT2D eigenvalue weighted by molar-refractivity contribution is 0.163. The molecule has 0 aliphatic heterocycles. The van der Waals surface area contributed by atoms with Crippen molar-refractivity contribution >= 4 is 16.1 Å². The van der Waals surface area contributed by atoms with Crippen LogP contribution in [0.5, 0.6) is 0 Å². The predicted octanol–water partition coefficient (Wildman–Crippen LogP) is 0.978. The zero-order valence-electron chi connectivity index (χ0n) is 9.84. The molecule has 1 rings (SSSR count). The maximum absolute atomic E-state index is 11.3. The molecule has 0 radical (unpaired) electrons. The Morgan fingerprint density at radius 2 is 1.88 bits per heavy atom. The van der Waals surface area contributed by atoms with E-state index in [0.29, 0.717) is 6.54 Å². The highest BCUT2D eigenvalue weighted by Gasteiger charge is 2.23. The van der Waals surface area contributed by atoms with Gasteiger partial charge >= 0.3 is 6.03 Å². The Balaban J connectivity index is 2.45. The number of urea groups is 1. The minimum Gasteiger partial charge on any atom is -0.351 e. The topological polar surface area (TPSA) is 101 Å². The molecular formula is C10H20N2O4S. The van der Waals surface area contributed by atoms with Crippen molar-refractivity contribution in [2.24, 2.45) is 5.73 Å². The largest absolute Gasteiger partial charge is 0.351 e. The fourth-order valence-corrected chi connectivity index (χ4v) is 2.78. The first-order chi connectivity index (χ1) is 7.90. The first-order valence-electron chi connectivity index (χ1n) is 5.91. The summed E-state index contributed by atoms with van der Waals surface area (Å²) in [7, 11) is -3.95. The number of carbonyl (C=O) groups is 1. The van der Waals surface area contributed by atoms with Crippen molar-refractivity contribution < 1.29 is 17.8 Å². The number of carbonyl (C=O) groups excluding carboxylic acids is 1. The number of nitrogens with two attached hydrogens (primary N) is 1. The van der Waals surface area contributed by atoms with Gasteiger partial charge in [-0.25, -0.2) is 4.79 Å². The van der Waals surface area contributed by atoms with Crippen LogP contribution >= 0.6 is 0 Å². The third-order valence-electron chi connectivity index (χ3n) is 3.10. The van der Waals surface area contributed by atoms with E-state index in [1.165, 1.54) is 11.3 Å². The maximum Gasteiger partial charge on any atom is 0.315 e. The van der Waals surface area contributed by atoms with Crippen molar-refractivity contribution in [3.8, 4) is 0 Å². The van der Waals surface area contributed by atoms with E-state index in [1.54, 1.807) is 0 Å². The molecule has 3 N–H and O–H groups in total. The van der Waals surface area contributed by atoms with Crippen LogP contribution in [0.3, 0.4) is 0 Å². The highest BCUT2D eigenvalue weighted by atomic mass is 32.2. The van der Waals surface area contributed by atoms with Crippen LogP contribution in [0.25, 0.3) is 0 Å². The molecule has 0 atom stereocenters. The second-order valence-corrected chi connectivity index (χ2v) is 6.04. The van der Waals surface area contributed by atoms with Crippen LogP contribution in [0, 0.1) is 0 Å². The molecule has 0 spiro atoms. The molecule has 7 heteroatoms. The molecule has 1 saturated carbocycles. The Bertz CT molecular complexity index is 349. The summed E-state index contributed by atoms with van der Waals surface area (Å²) in [6.07, 6.45) is 5.40. The third kappa shape index (κ3) is 5.36. The number of hydrogen-bond donors (Lipinski definition) is 2. The summed E-state index contributed by atoms with van der Waals surface area (Å²) in [5.41, 5.74) is 5.29. The van der Waals surface area contributed by atoms with Gasteiger partial charge in [-0.15, -0.1) is 0 Å². The van der Waals surface area contributed by atoms with Crippen LogP contribution in [0.4, 0.5) is 4.79 Å². The molecule has 0 aromatic heterocycles.